The first-order valence-electron chi connectivity index (χ1n) is 4.57. The highest BCUT2D eigenvalue weighted by atomic mass is 16.4. The average molecular weight is 200 g/mol. The molecule has 0 aliphatic carbocycles. The van der Waals surface area contributed by atoms with Crippen LogP contribution in [0.4, 0.5) is 9.59 Å². The number of rotatable bonds is 0. The first-order valence-corrected chi connectivity index (χ1v) is 4.57. The van der Waals surface area contributed by atoms with Crippen LogP contribution in [0.25, 0.3) is 0 Å². The molecule has 0 aromatic heterocycles. The van der Waals surface area contributed by atoms with E-state index in [0.29, 0.717) is 19.6 Å². The second-order valence-electron chi connectivity index (χ2n) is 3.78. The van der Waals surface area contributed by atoms with Gasteiger partial charge in [-0.2, -0.15) is 0 Å². The highest BCUT2D eigenvalue weighted by Crippen LogP contribution is 2.31. The number of fused-ring (bicyclic) bond motifs is 1. The highest BCUT2D eigenvalue weighted by molar-refractivity contribution is 5.68. The van der Waals surface area contributed by atoms with Crippen molar-refractivity contribution in [1.29, 1.82) is 0 Å². The Hall–Kier alpha value is -1.46. The summed E-state index contributed by atoms with van der Waals surface area (Å²) in [5.41, 5.74) is 0. The number of hydrogen-bond donors (Lipinski definition) is 2. The monoisotopic (exact) mass is 200 g/mol. The largest absolute Gasteiger partial charge is 0.465 e. The lowest BCUT2D eigenvalue weighted by Crippen LogP contribution is -2.39. The molecule has 2 N–H and O–H groups in total. The fourth-order valence-electron chi connectivity index (χ4n) is 2.36. The Morgan fingerprint density at radius 1 is 1.14 bits per heavy atom. The van der Waals surface area contributed by atoms with Crippen LogP contribution < -0.4 is 0 Å². The Bertz CT molecular complexity index is 281. The number of carboxylic acid groups (broad SMARTS) is 2. The van der Waals surface area contributed by atoms with Crippen LogP contribution in [0.3, 0.4) is 0 Å². The van der Waals surface area contributed by atoms with E-state index in [2.05, 4.69) is 0 Å². The summed E-state index contributed by atoms with van der Waals surface area (Å²) in [6.07, 6.45) is -1.12. The minimum absolute atomic E-state index is 0.122. The fraction of sp³-hybridized carbons (Fsp3) is 0.750. The Morgan fingerprint density at radius 2 is 1.86 bits per heavy atom. The lowest BCUT2D eigenvalue weighted by atomic mass is 10.1. The van der Waals surface area contributed by atoms with Gasteiger partial charge in [0.25, 0.3) is 0 Å². The van der Waals surface area contributed by atoms with E-state index < -0.39 is 12.2 Å². The van der Waals surface area contributed by atoms with Crippen LogP contribution >= 0.6 is 0 Å². The van der Waals surface area contributed by atoms with Gasteiger partial charge in [0.2, 0.25) is 0 Å². The molecule has 2 amide bonds. The molecule has 2 unspecified atom stereocenters. The molecule has 0 aromatic carbocycles. The molecule has 2 heterocycles. The van der Waals surface area contributed by atoms with Crippen LogP contribution in [0, 0.1) is 5.92 Å². The summed E-state index contributed by atoms with van der Waals surface area (Å²) >= 11 is 0. The van der Waals surface area contributed by atoms with Gasteiger partial charge in [0.15, 0.2) is 0 Å². The van der Waals surface area contributed by atoms with E-state index in [1.165, 1.54) is 9.80 Å². The smallest absolute Gasteiger partial charge is 0.407 e. The van der Waals surface area contributed by atoms with Crippen molar-refractivity contribution in [1.82, 2.24) is 9.80 Å². The zero-order chi connectivity index (χ0) is 10.3. The van der Waals surface area contributed by atoms with Crippen LogP contribution in [0.15, 0.2) is 0 Å². The Labute approximate surface area is 80.7 Å². The third-order valence-corrected chi connectivity index (χ3v) is 3.06. The van der Waals surface area contributed by atoms with Crippen molar-refractivity contribution in [3.05, 3.63) is 0 Å². The Balaban J connectivity index is 2.06. The molecule has 0 radical (unpaired) electrons. The van der Waals surface area contributed by atoms with Crippen LogP contribution in [0.1, 0.15) is 6.42 Å². The standard InChI is InChI=1S/C8H12N2O4/c11-7(12)9-3-5-1-2-10(8(13)14)6(5)4-9/h5-6H,1-4H2,(H,11,12)(H,13,14). The minimum atomic E-state index is -0.954. The molecular formula is C8H12N2O4. The van der Waals surface area contributed by atoms with Crippen molar-refractivity contribution >= 4 is 12.2 Å². The summed E-state index contributed by atoms with van der Waals surface area (Å²) < 4.78 is 0. The van der Waals surface area contributed by atoms with Gasteiger partial charge in [0.05, 0.1) is 6.04 Å². The number of likely N-dealkylation sites (tertiary alicyclic amines) is 2. The van der Waals surface area contributed by atoms with E-state index in [1.54, 1.807) is 0 Å². The lowest BCUT2D eigenvalue weighted by Gasteiger charge is -2.20. The summed E-state index contributed by atoms with van der Waals surface area (Å²) in [4.78, 5) is 24.1. The van der Waals surface area contributed by atoms with Crippen LogP contribution in [0.5, 0.6) is 0 Å². The molecule has 2 saturated heterocycles. The van der Waals surface area contributed by atoms with Crippen LogP contribution in [0.2, 0.25) is 0 Å². The van der Waals surface area contributed by atoms with Gasteiger partial charge in [-0.15, -0.1) is 0 Å². The molecule has 78 valence electrons. The molecule has 0 bridgehead atoms. The number of amides is 2. The van der Waals surface area contributed by atoms with E-state index in [-0.39, 0.29) is 12.0 Å². The van der Waals surface area contributed by atoms with Gasteiger partial charge in [-0.05, 0) is 6.42 Å². The lowest BCUT2D eigenvalue weighted by molar-refractivity contribution is 0.129. The zero-order valence-electron chi connectivity index (χ0n) is 7.59. The SMILES string of the molecule is O=C(O)N1CC2CCN(C(=O)O)C2C1. The van der Waals surface area contributed by atoms with Crippen molar-refractivity contribution in [2.45, 2.75) is 12.5 Å². The second kappa shape index (κ2) is 3.04. The summed E-state index contributed by atoms with van der Waals surface area (Å²) in [6, 6.07) is -0.122. The quantitative estimate of drug-likeness (QED) is 0.591. The molecule has 0 saturated carbocycles. The first-order chi connectivity index (χ1) is 6.59. The fourth-order valence-corrected chi connectivity index (χ4v) is 2.36. The first kappa shape index (κ1) is 9.11. The number of nitrogens with zero attached hydrogens (tertiary/aromatic N) is 2. The Kier molecular flexibility index (Phi) is 1.98. The van der Waals surface area contributed by atoms with E-state index >= 15 is 0 Å². The van der Waals surface area contributed by atoms with E-state index in [9.17, 15) is 9.59 Å². The molecule has 2 aliphatic heterocycles. The van der Waals surface area contributed by atoms with Gasteiger partial charge in [-0.25, -0.2) is 9.59 Å². The van der Waals surface area contributed by atoms with Gasteiger partial charge in [-0.3, -0.25) is 0 Å². The molecule has 6 heteroatoms. The number of hydrogen-bond acceptors (Lipinski definition) is 2. The molecule has 14 heavy (non-hydrogen) atoms. The molecule has 2 aliphatic rings. The summed E-state index contributed by atoms with van der Waals surface area (Å²) in [5.74, 6) is 0.196. The molecule has 2 fully saturated rings. The molecule has 2 atom stereocenters. The maximum Gasteiger partial charge on any atom is 0.407 e. The average Bonchev–Trinajstić information content (AvgIpc) is 2.58. The highest BCUT2D eigenvalue weighted by Gasteiger charge is 2.44. The maximum atomic E-state index is 10.8. The van der Waals surface area contributed by atoms with Crippen molar-refractivity contribution in [2.75, 3.05) is 19.6 Å². The van der Waals surface area contributed by atoms with Gasteiger partial charge in [0, 0.05) is 25.6 Å². The van der Waals surface area contributed by atoms with Crippen LogP contribution in [-0.4, -0.2) is 57.9 Å². The normalized spacial score (nSPS) is 30.6. The molecule has 0 spiro atoms. The summed E-state index contributed by atoms with van der Waals surface area (Å²) in [6.45, 7) is 1.34. The molecule has 6 nitrogen and oxygen atoms in total. The van der Waals surface area contributed by atoms with E-state index in [0.717, 1.165) is 6.42 Å². The van der Waals surface area contributed by atoms with Crippen molar-refractivity contribution in [3.8, 4) is 0 Å². The number of carbonyl (C=O) groups is 2. The molecular weight excluding hydrogens is 188 g/mol. The van der Waals surface area contributed by atoms with Crippen molar-refractivity contribution < 1.29 is 19.8 Å². The van der Waals surface area contributed by atoms with Gasteiger partial charge >= 0.3 is 12.2 Å². The zero-order valence-corrected chi connectivity index (χ0v) is 7.59. The predicted octanol–water partition coefficient (Wildman–Crippen LogP) is 0.349. The van der Waals surface area contributed by atoms with Gasteiger partial charge < -0.3 is 20.0 Å². The van der Waals surface area contributed by atoms with E-state index in [4.69, 9.17) is 10.2 Å². The Morgan fingerprint density at radius 3 is 2.43 bits per heavy atom. The topological polar surface area (TPSA) is 81.1 Å². The molecule has 0 aromatic rings. The van der Waals surface area contributed by atoms with Crippen molar-refractivity contribution in [3.63, 3.8) is 0 Å². The maximum absolute atomic E-state index is 10.8. The van der Waals surface area contributed by atoms with Gasteiger partial charge in [-0.1, -0.05) is 0 Å². The van der Waals surface area contributed by atoms with Crippen LogP contribution in [-0.2, 0) is 0 Å². The second-order valence-corrected chi connectivity index (χ2v) is 3.78. The van der Waals surface area contributed by atoms with Crippen molar-refractivity contribution in [2.24, 2.45) is 5.92 Å². The predicted molar refractivity (Wildman–Crippen MR) is 46.2 cm³/mol. The van der Waals surface area contributed by atoms with E-state index in [1.807, 2.05) is 0 Å². The van der Waals surface area contributed by atoms with Gasteiger partial charge in [0.1, 0.15) is 0 Å². The summed E-state index contributed by atoms with van der Waals surface area (Å²) in [7, 11) is 0. The minimum Gasteiger partial charge on any atom is -0.465 e. The third-order valence-electron chi connectivity index (χ3n) is 3.06. The molecule has 2 rings (SSSR count). The summed E-state index contributed by atoms with van der Waals surface area (Å²) in [5, 5.41) is 17.6. The third kappa shape index (κ3) is 1.26.